The molecule has 1 aliphatic carbocycles. The van der Waals surface area contributed by atoms with Crippen molar-refractivity contribution in [3.8, 4) is 16.6 Å². The summed E-state index contributed by atoms with van der Waals surface area (Å²) in [5.74, 6) is 1.07. The Hall–Kier alpha value is -2.69. The summed E-state index contributed by atoms with van der Waals surface area (Å²) >= 11 is 1.51. The first kappa shape index (κ1) is 21.8. The first-order chi connectivity index (χ1) is 16.6. The Bertz CT molecular complexity index is 1120. The van der Waals surface area contributed by atoms with Crippen LogP contribution in [0.25, 0.3) is 10.6 Å². The van der Waals surface area contributed by atoms with Gasteiger partial charge in [0.15, 0.2) is 5.13 Å². The average Bonchev–Trinajstić information content (AvgIpc) is 3.49. The van der Waals surface area contributed by atoms with Crippen LogP contribution in [0.2, 0.25) is 0 Å². The lowest BCUT2D eigenvalue weighted by molar-refractivity contribution is -0.140. The maximum absolute atomic E-state index is 6.12. The molecule has 1 spiro atoms. The molecule has 0 aromatic carbocycles. The monoisotopic (exact) mass is 479 g/mol. The lowest BCUT2D eigenvalue weighted by Crippen LogP contribution is -2.46. The van der Waals surface area contributed by atoms with E-state index in [0.717, 1.165) is 74.1 Å². The second-order valence-electron chi connectivity index (χ2n) is 9.78. The number of thiazole rings is 1. The number of likely N-dealkylation sites (N-methyl/N-ethyl adjacent to an activating group) is 1. The van der Waals surface area contributed by atoms with Crippen LogP contribution in [0.4, 0.5) is 11.1 Å². The molecule has 1 saturated carbocycles. The van der Waals surface area contributed by atoms with Gasteiger partial charge in [-0.05, 0) is 57.3 Å². The van der Waals surface area contributed by atoms with Crippen molar-refractivity contribution in [3.05, 3.63) is 36.4 Å². The van der Waals surface area contributed by atoms with E-state index in [2.05, 4.69) is 42.2 Å². The minimum atomic E-state index is 0.171. The summed E-state index contributed by atoms with van der Waals surface area (Å²) in [6.45, 7) is 3.99. The van der Waals surface area contributed by atoms with Crippen LogP contribution in [0.15, 0.2) is 30.9 Å². The maximum atomic E-state index is 6.12. The van der Waals surface area contributed by atoms with Gasteiger partial charge in [-0.15, -0.1) is 0 Å². The molecule has 10 heteroatoms. The zero-order chi connectivity index (χ0) is 23.0. The van der Waals surface area contributed by atoms with Gasteiger partial charge in [0.2, 0.25) is 5.95 Å². The van der Waals surface area contributed by atoms with E-state index in [9.17, 15) is 0 Å². The standard InChI is InChI=1S/C24H29N7O2S/c1-31-9-5-16(13-31)17-10-26-21(27-11-17)30-23-28-12-20(34-23)19-4-8-25-22(29-19)33-18-2-6-24(7-3-18)14-32-15-24/h4,8,10-12,16,18H,2-3,5-7,9,13-15H2,1H3,(H,26,27,28,30)/t16-/m1/s1. The van der Waals surface area contributed by atoms with Crippen LogP contribution in [-0.4, -0.2) is 69.3 Å². The van der Waals surface area contributed by atoms with Crippen molar-refractivity contribution in [1.29, 1.82) is 0 Å². The Labute approximate surface area is 203 Å². The number of nitrogens with one attached hydrogen (secondary N) is 1. The molecule has 3 aliphatic rings. The number of anilines is 2. The molecule has 1 N–H and O–H groups in total. The van der Waals surface area contributed by atoms with Crippen LogP contribution >= 0.6 is 11.3 Å². The van der Waals surface area contributed by atoms with Crippen LogP contribution in [-0.2, 0) is 4.74 Å². The molecule has 178 valence electrons. The third-order valence-corrected chi connectivity index (χ3v) is 8.16. The lowest BCUT2D eigenvalue weighted by atomic mass is 9.72. The Balaban J connectivity index is 1.07. The average molecular weight is 480 g/mol. The molecule has 0 amide bonds. The van der Waals surface area contributed by atoms with E-state index in [1.165, 1.54) is 16.9 Å². The molecule has 0 radical (unpaired) electrons. The number of rotatable bonds is 6. The number of nitrogens with zero attached hydrogens (tertiary/aromatic N) is 6. The highest BCUT2D eigenvalue weighted by Gasteiger charge is 2.42. The summed E-state index contributed by atoms with van der Waals surface area (Å²) in [6, 6.07) is 2.32. The molecule has 34 heavy (non-hydrogen) atoms. The Morgan fingerprint density at radius 3 is 2.62 bits per heavy atom. The third-order valence-electron chi connectivity index (χ3n) is 7.23. The van der Waals surface area contributed by atoms with Crippen molar-refractivity contribution in [1.82, 2.24) is 29.8 Å². The zero-order valence-electron chi connectivity index (χ0n) is 19.3. The van der Waals surface area contributed by atoms with E-state index in [0.29, 0.717) is 23.3 Å². The minimum Gasteiger partial charge on any atom is -0.460 e. The van der Waals surface area contributed by atoms with Crippen LogP contribution in [0.1, 0.15) is 43.6 Å². The highest BCUT2D eigenvalue weighted by Crippen LogP contribution is 2.43. The Morgan fingerprint density at radius 1 is 1.09 bits per heavy atom. The second-order valence-corrected chi connectivity index (χ2v) is 10.8. The number of ether oxygens (including phenoxy) is 2. The van der Waals surface area contributed by atoms with E-state index in [4.69, 9.17) is 9.47 Å². The quantitative estimate of drug-likeness (QED) is 0.564. The van der Waals surface area contributed by atoms with Crippen molar-refractivity contribution < 1.29 is 9.47 Å². The molecule has 1 atom stereocenters. The summed E-state index contributed by atoms with van der Waals surface area (Å²) in [6.07, 6.45) is 13.1. The largest absolute Gasteiger partial charge is 0.460 e. The molecule has 0 unspecified atom stereocenters. The van der Waals surface area contributed by atoms with E-state index >= 15 is 0 Å². The third kappa shape index (κ3) is 4.62. The number of hydrogen-bond acceptors (Lipinski definition) is 10. The minimum absolute atomic E-state index is 0.171. The fraction of sp³-hybridized carbons (Fsp3) is 0.542. The normalized spacial score (nSPS) is 22.6. The smallest absolute Gasteiger partial charge is 0.317 e. The SMILES string of the molecule is CN1CC[C@@H](c2cnc(Nc3ncc(-c4ccnc(OC5CCC6(CC5)COC6)n4)s3)nc2)C1. The van der Waals surface area contributed by atoms with Crippen LogP contribution in [0, 0.1) is 5.41 Å². The summed E-state index contributed by atoms with van der Waals surface area (Å²) in [5.41, 5.74) is 2.40. The van der Waals surface area contributed by atoms with Gasteiger partial charge in [-0.1, -0.05) is 11.3 Å². The van der Waals surface area contributed by atoms with Gasteiger partial charge >= 0.3 is 6.01 Å². The Morgan fingerprint density at radius 2 is 1.91 bits per heavy atom. The van der Waals surface area contributed by atoms with Gasteiger partial charge in [0.05, 0.1) is 23.8 Å². The predicted molar refractivity (Wildman–Crippen MR) is 129 cm³/mol. The maximum Gasteiger partial charge on any atom is 0.317 e. The molecule has 2 aliphatic heterocycles. The number of hydrogen-bond donors (Lipinski definition) is 1. The van der Waals surface area contributed by atoms with E-state index < -0.39 is 0 Å². The van der Waals surface area contributed by atoms with Gasteiger partial charge in [0.25, 0.3) is 0 Å². The molecule has 2 saturated heterocycles. The highest BCUT2D eigenvalue weighted by atomic mass is 32.1. The van der Waals surface area contributed by atoms with Crippen LogP contribution in [0.3, 0.4) is 0 Å². The fourth-order valence-electron chi connectivity index (χ4n) is 5.05. The first-order valence-corrected chi connectivity index (χ1v) is 12.8. The molecular weight excluding hydrogens is 450 g/mol. The number of aromatic nitrogens is 5. The fourth-order valence-corrected chi connectivity index (χ4v) is 5.83. The molecule has 6 rings (SSSR count). The Kier molecular flexibility index (Phi) is 5.88. The molecule has 0 bridgehead atoms. The zero-order valence-corrected chi connectivity index (χ0v) is 20.1. The van der Waals surface area contributed by atoms with Crippen molar-refractivity contribution in [2.75, 3.05) is 38.7 Å². The van der Waals surface area contributed by atoms with Gasteiger partial charge in [0, 0.05) is 42.7 Å². The van der Waals surface area contributed by atoms with Gasteiger partial charge in [-0.3, -0.25) is 0 Å². The second kappa shape index (κ2) is 9.16. The summed E-state index contributed by atoms with van der Waals surface area (Å²) in [4.78, 5) is 25.7. The highest BCUT2D eigenvalue weighted by molar-refractivity contribution is 7.18. The van der Waals surface area contributed by atoms with Crippen molar-refractivity contribution in [2.24, 2.45) is 5.41 Å². The van der Waals surface area contributed by atoms with Crippen molar-refractivity contribution in [2.45, 2.75) is 44.1 Å². The lowest BCUT2D eigenvalue weighted by Gasteiger charge is -2.45. The number of likely N-dealkylation sites (tertiary alicyclic amines) is 1. The van der Waals surface area contributed by atoms with Gasteiger partial charge in [-0.2, -0.15) is 4.98 Å². The van der Waals surface area contributed by atoms with Crippen LogP contribution in [0.5, 0.6) is 6.01 Å². The van der Waals surface area contributed by atoms with Crippen LogP contribution < -0.4 is 10.1 Å². The van der Waals surface area contributed by atoms with Gasteiger partial charge < -0.3 is 19.7 Å². The summed E-state index contributed by atoms with van der Waals surface area (Å²) < 4.78 is 11.5. The topological polar surface area (TPSA) is 98.2 Å². The molecule has 9 nitrogen and oxygen atoms in total. The molecular formula is C24H29N7O2S. The van der Waals surface area contributed by atoms with Crippen molar-refractivity contribution >= 4 is 22.4 Å². The molecule has 3 fully saturated rings. The van der Waals surface area contributed by atoms with Gasteiger partial charge in [0.1, 0.15) is 6.10 Å². The van der Waals surface area contributed by atoms with E-state index in [1.54, 1.807) is 6.20 Å². The molecule has 3 aromatic rings. The predicted octanol–water partition coefficient (Wildman–Crippen LogP) is 3.89. The molecule has 5 heterocycles. The molecule has 3 aromatic heterocycles. The van der Waals surface area contributed by atoms with Crippen molar-refractivity contribution in [3.63, 3.8) is 0 Å². The van der Waals surface area contributed by atoms with E-state index in [-0.39, 0.29) is 6.10 Å². The van der Waals surface area contributed by atoms with E-state index in [1.807, 2.05) is 24.7 Å². The van der Waals surface area contributed by atoms with Gasteiger partial charge in [-0.25, -0.2) is 19.9 Å². The first-order valence-electron chi connectivity index (χ1n) is 12.0. The summed E-state index contributed by atoms with van der Waals surface area (Å²) in [7, 11) is 2.15. The summed E-state index contributed by atoms with van der Waals surface area (Å²) in [5, 5.41) is 3.94.